The molecule has 0 aliphatic heterocycles. The van der Waals surface area contributed by atoms with Crippen molar-refractivity contribution in [1.82, 2.24) is 9.97 Å². The molecule has 6 heteroatoms. The zero-order valence-electron chi connectivity index (χ0n) is 11.8. The van der Waals surface area contributed by atoms with Crippen LogP contribution >= 0.6 is 0 Å². The Balaban J connectivity index is 2.16. The predicted octanol–water partition coefficient (Wildman–Crippen LogP) is 2.00. The molecular weight excluding hydrogens is 256 g/mol. The van der Waals surface area contributed by atoms with Crippen LogP contribution in [-0.2, 0) is 6.54 Å². The van der Waals surface area contributed by atoms with Crippen LogP contribution in [0.25, 0.3) is 0 Å². The molecule has 0 amide bonds. The summed E-state index contributed by atoms with van der Waals surface area (Å²) in [6.07, 6.45) is 0. The third-order valence-electron chi connectivity index (χ3n) is 2.78. The van der Waals surface area contributed by atoms with E-state index < -0.39 is 0 Å². The molecule has 0 aliphatic rings. The van der Waals surface area contributed by atoms with Crippen LogP contribution in [-0.4, -0.2) is 24.2 Å². The zero-order valence-corrected chi connectivity index (χ0v) is 11.8. The van der Waals surface area contributed by atoms with E-state index in [1.165, 1.54) is 0 Å². The number of benzene rings is 1. The van der Waals surface area contributed by atoms with Gasteiger partial charge in [-0.05, 0) is 25.1 Å². The van der Waals surface area contributed by atoms with E-state index in [1.807, 2.05) is 19.1 Å². The van der Waals surface area contributed by atoms with Gasteiger partial charge in [0.2, 0.25) is 11.8 Å². The van der Waals surface area contributed by atoms with Crippen molar-refractivity contribution in [3.05, 3.63) is 35.5 Å². The maximum absolute atomic E-state index is 5.79. The number of ether oxygens (including phenoxy) is 2. The molecule has 106 valence electrons. The standard InChI is InChI=1S/C14H18N4O2/c1-9-6-13(20-3)18-14(17-9)16-8-10-7-11(15)4-5-12(10)19-2/h4-7H,8,15H2,1-3H3,(H,16,17,18). The Morgan fingerprint density at radius 2 is 1.95 bits per heavy atom. The van der Waals surface area contributed by atoms with Gasteiger partial charge in [-0.3, -0.25) is 0 Å². The maximum atomic E-state index is 5.79. The second kappa shape index (κ2) is 6.10. The molecule has 0 fully saturated rings. The second-order valence-electron chi connectivity index (χ2n) is 4.30. The number of nitrogens with two attached hydrogens (primary N) is 1. The summed E-state index contributed by atoms with van der Waals surface area (Å²) in [6, 6.07) is 7.27. The highest BCUT2D eigenvalue weighted by molar-refractivity contribution is 5.49. The Bertz CT molecular complexity index is 602. The van der Waals surface area contributed by atoms with Crippen LogP contribution in [0.5, 0.6) is 11.6 Å². The summed E-state index contributed by atoms with van der Waals surface area (Å²) >= 11 is 0. The lowest BCUT2D eigenvalue weighted by molar-refractivity contribution is 0.397. The van der Waals surface area contributed by atoms with Crippen molar-refractivity contribution in [3.8, 4) is 11.6 Å². The summed E-state index contributed by atoms with van der Waals surface area (Å²) < 4.78 is 10.4. The topological polar surface area (TPSA) is 82.3 Å². The summed E-state index contributed by atoms with van der Waals surface area (Å²) in [4.78, 5) is 8.53. The number of hydrogen-bond acceptors (Lipinski definition) is 6. The minimum Gasteiger partial charge on any atom is -0.496 e. The van der Waals surface area contributed by atoms with E-state index in [-0.39, 0.29) is 0 Å². The van der Waals surface area contributed by atoms with E-state index in [2.05, 4.69) is 15.3 Å². The van der Waals surface area contributed by atoms with Crippen molar-refractivity contribution in [2.45, 2.75) is 13.5 Å². The van der Waals surface area contributed by atoms with E-state index in [1.54, 1.807) is 26.4 Å². The van der Waals surface area contributed by atoms with Crippen molar-refractivity contribution in [1.29, 1.82) is 0 Å². The van der Waals surface area contributed by atoms with Crippen LogP contribution < -0.4 is 20.5 Å². The van der Waals surface area contributed by atoms with Gasteiger partial charge in [-0.15, -0.1) is 0 Å². The Hall–Kier alpha value is -2.50. The molecule has 6 nitrogen and oxygen atoms in total. The lowest BCUT2D eigenvalue weighted by Crippen LogP contribution is -2.07. The highest BCUT2D eigenvalue weighted by Gasteiger charge is 2.06. The van der Waals surface area contributed by atoms with Gasteiger partial charge < -0.3 is 20.5 Å². The van der Waals surface area contributed by atoms with Gasteiger partial charge in [0.1, 0.15) is 5.75 Å². The Kier molecular flexibility index (Phi) is 4.24. The fraction of sp³-hybridized carbons (Fsp3) is 0.286. The molecule has 0 saturated heterocycles. The van der Waals surface area contributed by atoms with Gasteiger partial charge in [-0.2, -0.15) is 4.98 Å². The summed E-state index contributed by atoms with van der Waals surface area (Å²) in [5.41, 5.74) is 8.25. The number of aromatic nitrogens is 2. The monoisotopic (exact) mass is 274 g/mol. The van der Waals surface area contributed by atoms with Crippen LogP contribution in [0.4, 0.5) is 11.6 Å². The largest absolute Gasteiger partial charge is 0.496 e. The average Bonchev–Trinajstić information content (AvgIpc) is 2.44. The molecule has 0 atom stereocenters. The highest BCUT2D eigenvalue weighted by Crippen LogP contribution is 2.22. The van der Waals surface area contributed by atoms with E-state index >= 15 is 0 Å². The average molecular weight is 274 g/mol. The number of nitrogens with zero attached hydrogens (tertiary/aromatic N) is 2. The molecule has 2 rings (SSSR count). The normalized spacial score (nSPS) is 10.2. The Morgan fingerprint density at radius 3 is 2.65 bits per heavy atom. The molecule has 20 heavy (non-hydrogen) atoms. The summed E-state index contributed by atoms with van der Waals surface area (Å²) in [5, 5.41) is 3.14. The van der Waals surface area contributed by atoms with Crippen LogP contribution in [0, 0.1) is 6.92 Å². The molecule has 0 bridgehead atoms. The van der Waals surface area contributed by atoms with Crippen molar-refractivity contribution in [2.24, 2.45) is 0 Å². The van der Waals surface area contributed by atoms with Crippen LogP contribution in [0.3, 0.4) is 0 Å². The lowest BCUT2D eigenvalue weighted by atomic mass is 10.2. The van der Waals surface area contributed by atoms with Gasteiger partial charge in [0, 0.05) is 29.6 Å². The molecule has 1 aromatic carbocycles. The molecule has 1 aromatic heterocycles. The molecule has 1 heterocycles. The molecular formula is C14H18N4O2. The van der Waals surface area contributed by atoms with Crippen molar-refractivity contribution in [3.63, 3.8) is 0 Å². The summed E-state index contributed by atoms with van der Waals surface area (Å²) in [6.45, 7) is 2.40. The van der Waals surface area contributed by atoms with Gasteiger partial charge >= 0.3 is 0 Å². The van der Waals surface area contributed by atoms with E-state index in [0.29, 0.717) is 24.1 Å². The second-order valence-corrected chi connectivity index (χ2v) is 4.30. The molecule has 3 N–H and O–H groups in total. The smallest absolute Gasteiger partial charge is 0.226 e. The molecule has 0 saturated carbocycles. The number of nitrogens with one attached hydrogen (secondary N) is 1. The lowest BCUT2D eigenvalue weighted by Gasteiger charge is -2.11. The first-order valence-corrected chi connectivity index (χ1v) is 6.18. The van der Waals surface area contributed by atoms with E-state index in [4.69, 9.17) is 15.2 Å². The molecule has 0 unspecified atom stereocenters. The van der Waals surface area contributed by atoms with E-state index in [9.17, 15) is 0 Å². The maximum Gasteiger partial charge on any atom is 0.226 e. The van der Waals surface area contributed by atoms with Crippen molar-refractivity contribution < 1.29 is 9.47 Å². The number of rotatable bonds is 5. The number of anilines is 2. The minimum atomic E-state index is 0.506. The fourth-order valence-corrected chi connectivity index (χ4v) is 1.83. The third-order valence-corrected chi connectivity index (χ3v) is 2.78. The fourth-order valence-electron chi connectivity index (χ4n) is 1.83. The Morgan fingerprint density at radius 1 is 1.15 bits per heavy atom. The van der Waals surface area contributed by atoms with Gasteiger partial charge in [-0.1, -0.05) is 0 Å². The number of nitrogen functional groups attached to an aromatic ring is 1. The molecule has 0 radical (unpaired) electrons. The van der Waals surface area contributed by atoms with Gasteiger partial charge in [-0.25, -0.2) is 4.98 Å². The first kappa shape index (κ1) is 13.9. The first-order valence-electron chi connectivity index (χ1n) is 6.18. The van der Waals surface area contributed by atoms with Crippen LogP contribution in [0.15, 0.2) is 24.3 Å². The van der Waals surface area contributed by atoms with Crippen molar-refractivity contribution in [2.75, 3.05) is 25.3 Å². The zero-order chi connectivity index (χ0) is 14.5. The highest BCUT2D eigenvalue weighted by atomic mass is 16.5. The molecule has 0 aliphatic carbocycles. The number of methoxy groups -OCH3 is 2. The third kappa shape index (κ3) is 3.28. The van der Waals surface area contributed by atoms with Gasteiger partial charge in [0.15, 0.2) is 0 Å². The summed E-state index contributed by atoms with van der Waals surface area (Å²) in [7, 11) is 3.20. The van der Waals surface area contributed by atoms with Crippen LogP contribution in [0.1, 0.15) is 11.3 Å². The SMILES string of the molecule is COc1cc(C)nc(NCc2cc(N)ccc2OC)n1. The predicted molar refractivity (Wildman–Crippen MR) is 78.1 cm³/mol. The van der Waals surface area contributed by atoms with Gasteiger partial charge in [0.25, 0.3) is 0 Å². The van der Waals surface area contributed by atoms with E-state index in [0.717, 1.165) is 17.0 Å². The summed E-state index contributed by atoms with van der Waals surface area (Å²) in [5.74, 6) is 1.80. The number of hydrogen-bond donors (Lipinski definition) is 2. The minimum absolute atomic E-state index is 0.506. The quantitative estimate of drug-likeness (QED) is 0.811. The van der Waals surface area contributed by atoms with Crippen molar-refractivity contribution >= 4 is 11.6 Å². The molecule has 2 aromatic rings. The number of aryl methyl sites for hydroxylation is 1. The van der Waals surface area contributed by atoms with Crippen LogP contribution in [0.2, 0.25) is 0 Å². The molecule has 0 spiro atoms. The first-order chi connectivity index (χ1) is 9.62. The Labute approximate surface area is 118 Å². The van der Waals surface area contributed by atoms with Gasteiger partial charge in [0.05, 0.1) is 14.2 Å².